The molecule has 0 radical (unpaired) electrons. The number of carbonyl (C=O) groups is 1. The lowest BCUT2D eigenvalue weighted by molar-refractivity contribution is 0.0951. The van der Waals surface area contributed by atoms with Gasteiger partial charge in [-0.25, -0.2) is 4.39 Å². The molecule has 1 aromatic carbocycles. The molecule has 25 heavy (non-hydrogen) atoms. The SMILES string of the molecule is CC(C)CCCC(C)NC(N)=NCCNC(=O)c1ccccc1F.I. The van der Waals surface area contributed by atoms with Gasteiger partial charge in [-0.15, -0.1) is 24.0 Å². The molecule has 1 rings (SSSR count). The molecule has 0 heterocycles. The topological polar surface area (TPSA) is 79.5 Å². The van der Waals surface area contributed by atoms with E-state index < -0.39 is 11.7 Å². The monoisotopic (exact) mass is 464 g/mol. The first-order chi connectivity index (χ1) is 11.4. The van der Waals surface area contributed by atoms with Crippen LogP contribution in [0.15, 0.2) is 29.3 Å². The summed E-state index contributed by atoms with van der Waals surface area (Å²) in [6.07, 6.45) is 3.39. The molecule has 4 N–H and O–H groups in total. The molecule has 1 atom stereocenters. The maximum absolute atomic E-state index is 13.5. The summed E-state index contributed by atoms with van der Waals surface area (Å²) in [6.45, 7) is 7.14. The number of benzene rings is 1. The van der Waals surface area contributed by atoms with Crippen molar-refractivity contribution in [3.8, 4) is 0 Å². The van der Waals surface area contributed by atoms with Crippen molar-refractivity contribution in [2.45, 2.75) is 46.1 Å². The fourth-order valence-corrected chi connectivity index (χ4v) is 2.29. The van der Waals surface area contributed by atoms with Crippen LogP contribution in [-0.4, -0.2) is 31.0 Å². The van der Waals surface area contributed by atoms with E-state index >= 15 is 0 Å². The van der Waals surface area contributed by atoms with Crippen LogP contribution in [0.3, 0.4) is 0 Å². The number of hydrogen-bond acceptors (Lipinski definition) is 2. The Balaban J connectivity index is 0.00000576. The second-order valence-electron chi connectivity index (χ2n) is 6.37. The molecule has 142 valence electrons. The molecule has 0 saturated carbocycles. The van der Waals surface area contributed by atoms with Crippen LogP contribution in [0.1, 0.15) is 50.4 Å². The predicted molar refractivity (Wildman–Crippen MR) is 112 cm³/mol. The van der Waals surface area contributed by atoms with Gasteiger partial charge in [-0.2, -0.15) is 0 Å². The Morgan fingerprint density at radius 1 is 1.24 bits per heavy atom. The molecule has 0 fully saturated rings. The molecule has 0 aliphatic carbocycles. The van der Waals surface area contributed by atoms with Crippen molar-refractivity contribution in [3.63, 3.8) is 0 Å². The highest BCUT2D eigenvalue weighted by molar-refractivity contribution is 14.0. The molecule has 5 nitrogen and oxygen atoms in total. The predicted octanol–water partition coefficient (Wildman–Crippen LogP) is 3.29. The zero-order valence-electron chi connectivity index (χ0n) is 15.2. The van der Waals surface area contributed by atoms with Crippen molar-refractivity contribution in [3.05, 3.63) is 35.6 Å². The summed E-state index contributed by atoms with van der Waals surface area (Å²) >= 11 is 0. The maximum Gasteiger partial charge on any atom is 0.254 e. The van der Waals surface area contributed by atoms with Crippen molar-refractivity contribution in [2.75, 3.05) is 13.1 Å². The number of amides is 1. The lowest BCUT2D eigenvalue weighted by Crippen LogP contribution is -2.39. The van der Waals surface area contributed by atoms with Gasteiger partial charge in [0.1, 0.15) is 5.82 Å². The van der Waals surface area contributed by atoms with Crippen LogP contribution in [0.4, 0.5) is 4.39 Å². The van der Waals surface area contributed by atoms with Gasteiger partial charge in [0.2, 0.25) is 0 Å². The molecule has 0 aliphatic heterocycles. The maximum atomic E-state index is 13.5. The molecule has 7 heteroatoms. The van der Waals surface area contributed by atoms with E-state index in [1.54, 1.807) is 12.1 Å². The van der Waals surface area contributed by atoms with E-state index in [1.165, 1.54) is 18.6 Å². The molecule has 0 saturated heterocycles. The number of nitrogens with one attached hydrogen (secondary N) is 2. The highest BCUT2D eigenvalue weighted by Gasteiger charge is 2.09. The Kier molecular flexibility index (Phi) is 12.2. The van der Waals surface area contributed by atoms with E-state index in [9.17, 15) is 9.18 Å². The number of nitrogens with zero attached hydrogens (tertiary/aromatic N) is 1. The van der Waals surface area contributed by atoms with Gasteiger partial charge in [-0.1, -0.05) is 38.8 Å². The van der Waals surface area contributed by atoms with Gasteiger partial charge >= 0.3 is 0 Å². The van der Waals surface area contributed by atoms with Crippen LogP contribution in [-0.2, 0) is 0 Å². The van der Waals surface area contributed by atoms with Crippen LogP contribution < -0.4 is 16.4 Å². The van der Waals surface area contributed by atoms with E-state index in [0.717, 1.165) is 12.8 Å². The van der Waals surface area contributed by atoms with Gasteiger partial charge in [0.15, 0.2) is 5.96 Å². The average Bonchev–Trinajstić information content (AvgIpc) is 2.51. The van der Waals surface area contributed by atoms with Gasteiger partial charge in [0, 0.05) is 12.6 Å². The van der Waals surface area contributed by atoms with Crippen molar-refractivity contribution in [1.29, 1.82) is 0 Å². The fourth-order valence-electron chi connectivity index (χ4n) is 2.29. The quantitative estimate of drug-likeness (QED) is 0.227. The number of halogens is 2. The van der Waals surface area contributed by atoms with Crippen LogP contribution in [0.2, 0.25) is 0 Å². The summed E-state index contributed by atoms with van der Waals surface area (Å²) in [6, 6.07) is 6.14. The molecule has 1 aromatic rings. The second kappa shape index (κ2) is 12.9. The molecular formula is C18H30FIN4O. The van der Waals surface area contributed by atoms with E-state index in [0.29, 0.717) is 25.0 Å². The van der Waals surface area contributed by atoms with E-state index in [-0.39, 0.29) is 35.6 Å². The molecule has 1 unspecified atom stereocenters. The minimum atomic E-state index is -0.532. The lowest BCUT2D eigenvalue weighted by Gasteiger charge is -2.15. The third-order valence-corrected chi connectivity index (χ3v) is 3.61. The number of guanidine groups is 1. The fraction of sp³-hybridized carbons (Fsp3) is 0.556. The summed E-state index contributed by atoms with van der Waals surface area (Å²) in [5, 5.41) is 5.76. The molecule has 0 spiro atoms. The number of carbonyl (C=O) groups excluding carboxylic acids is 1. The number of rotatable bonds is 9. The minimum Gasteiger partial charge on any atom is -0.370 e. The Hall–Kier alpha value is -1.38. The Labute approximate surface area is 167 Å². The molecular weight excluding hydrogens is 434 g/mol. The smallest absolute Gasteiger partial charge is 0.254 e. The number of nitrogens with two attached hydrogens (primary N) is 1. The van der Waals surface area contributed by atoms with Crippen molar-refractivity contribution >= 4 is 35.8 Å². The summed E-state index contributed by atoms with van der Waals surface area (Å²) < 4.78 is 13.5. The lowest BCUT2D eigenvalue weighted by atomic mass is 10.0. The van der Waals surface area contributed by atoms with Gasteiger partial charge in [-0.05, 0) is 31.4 Å². The minimum absolute atomic E-state index is 0. The van der Waals surface area contributed by atoms with Crippen LogP contribution >= 0.6 is 24.0 Å². The van der Waals surface area contributed by atoms with Gasteiger partial charge < -0.3 is 16.4 Å². The third-order valence-electron chi connectivity index (χ3n) is 3.61. The average molecular weight is 464 g/mol. The Morgan fingerprint density at radius 3 is 2.56 bits per heavy atom. The highest BCUT2D eigenvalue weighted by atomic mass is 127. The van der Waals surface area contributed by atoms with E-state index in [2.05, 4.69) is 36.4 Å². The first-order valence-corrected chi connectivity index (χ1v) is 8.49. The van der Waals surface area contributed by atoms with Gasteiger partial charge in [-0.3, -0.25) is 9.79 Å². The summed E-state index contributed by atoms with van der Waals surface area (Å²) in [5.41, 5.74) is 5.86. The zero-order valence-corrected chi connectivity index (χ0v) is 17.5. The van der Waals surface area contributed by atoms with E-state index in [4.69, 9.17) is 5.73 Å². The van der Waals surface area contributed by atoms with Gasteiger partial charge in [0.25, 0.3) is 5.91 Å². The second-order valence-corrected chi connectivity index (χ2v) is 6.37. The summed E-state index contributed by atoms with van der Waals surface area (Å²) in [5.74, 6) is 0.0975. The Bertz CT molecular complexity index is 552. The normalized spacial score (nSPS) is 12.4. The van der Waals surface area contributed by atoms with Crippen molar-refractivity contribution < 1.29 is 9.18 Å². The van der Waals surface area contributed by atoms with E-state index in [1.807, 2.05) is 0 Å². The first kappa shape index (κ1) is 23.6. The van der Waals surface area contributed by atoms with Crippen LogP contribution in [0, 0.1) is 11.7 Å². The largest absolute Gasteiger partial charge is 0.370 e. The van der Waals surface area contributed by atoms with Crippen molar-refractivity contribution in [2.24, 2.45) is 16.6 Å². The summed E-state index contributed by atoms with van der Waals surface area (Å²) in [7, 11) is 0. The standard InChI is InChI=1S/C18H29FN4O.HI/c1-13(2)7-6-8-14(3)23-18(20)22-12-11-21-17(24)15-9-4-5-10-16(15)19;/h4-5,9-10,13-14H,6-8,11-12H2,1-3H3,(H,21,24)(H3,20,22,23);1H. The van der Waals surface area contributed by atoms with Crippen molar-refractivity contribution in [1.82, 2.24) is 10.6 Å². The number of aliphatic imine (C=N–C) groups is 1. The van der Waals surface area contributed by atoms with Gasteiger partial charge in [0.05, 0.1) is 12.1 Å². The Morgan fingerprint density at radius 2 is 1.92 bits per heavy atom. The van der Waals surface area contributed by atoms with Crippen LogP contribution in [0.25, 0.3) is 0 Å². The zero-order chi connectivity index (χ0) is 17.9. The molecule has 1 amide bonds. The molecule has 0 aliphatic rings. The molecule has 0 bridgehead atoms. The highest BCUT2D eigenvalue weighted by Crippen LogP contribution is 2.08. The first-order valence-electron chi connectivity index (χ1n) is 8.49. The molecule has 0 aromatic heterocycles. The third kappa shape index (κ3) is 10.3. The number of hydrogen-bond donors (Lipinski definition) is 3. The summed E-state index contributed by atoms with van der Waals surface area (Å²) in [4.78, 5) is 16.0. The van der Waals surface area contributed by atoms with Crippen LogP contribution in [0.5, 0.6) is 0 Å².